The number of hydrogen-bond acceptors (Lipinski definition) is 3. The van der Waals surface area contributed by atoms with Gasteiger partial charge in [0.25, 0.3) is 0 Å². The molecule has 1 aromatic rings. The van der Waals surface area contributed by atoms with Crippen LogP contribution in [0, 0.1) is 0 Å². The fourth-order valence-electron chi connectivity index (χ4n) is 1.99. The zero-order chi connectivity index (χ0) is 13.3. The SMILES string of the molecule is CC1CN(S(=O)(=O)c2ccccc2Cl)C(C)CO1. The van der Waals surface area contributed by atoms with Gasteiger partial charge in [0.05, 0.1) is 17.7 Å². The first-order valence-electron chi connectivity index (χ1n) is 5.81. The van der Waals surface area contributed by atoms with E-state index < -0.39 is 10.0 Å². The van der Waals surface area contributed by atoms with Crippen LogP contribution in [0.15, 0.2) is 29.2 Å². The lowest BCUT2D eigenvalue weighted by atomic mass is 10.2. The number of halogens is 1. The van der Waals surface area contributed by atoms with Crippen LogP contribution in [0.25, 0.3) is 0 Å². The molecule has 1 aliphatic heterocycles. The molecule has 4 nitrogen and oxygen atoms in total. The lowest BCUT2D eigenvalue weighted by Crippen LogP contribution is -2.50. The van der Waals surface area contributed by atoms with E-state index in [-0.39, 0.29) is 22.1 Å². The molecule has 2 unspecified atom stereocenters. The number of rotatable bonds is 2. The van der Waals surface area contributed by atoms with Gasteiger partial charge in [-0.1, -0.05) is 23.7 Å². The van der Waals surface area contributed by atoms with Crippen LogP contribution in [-0.2, 0) is 14.8 Å². The Morgan fingerprint density at radius 3 is 2.67 bits per heavy atom. The second-order valence-electron chi connectivity index (χ2n) is 4.50. The van der Waals surface area contributed by atoms with Crippen molar-refractivity contribution in [3.05, 3.63) is 29.3 Å². The molecule has 6 heteroatoms. The van der Waals surface area contributed by atoms with E-state index in [0.717, 1.165) is 0 Å². The maximum atomic E-state index is 12.5. The van der Waals surface area contributed by atoms with Gasteiger partial charge < -0.3 is 4.74 Å². The summed E-state index contributed by atoms with van der Waals surface area (Å²) < 4.78 is 32.0. The van der Waals surface area contributed by atoms with Gasteiger partial charge in [0.15, 0.2) is 0 Å². The molecule has 2 rings (SSSR count). The van der Waals surface area contributed by atoms with Crippen LogP contribution in [-0.4, -0.2) is 38.0 Å². The Balaban J connectivity index is 2.39. The van der Waals surface area contributed by atoms with E-state index in [1.165, 1.54) is 10.4 Å². The van der Waals surface area contributed by atoms with Crippen molar-refractivity contribution in [1.29, 1.82) is 0 Å². The summed E-state index contributed by atoms with van der Waals surface area (Å²) in [6.07, 6.45) is -0.0986. The van der Waals surface area contributed by atoms with Crippen molar-refractivity contribution >= 4 is 21.6 Å². The Bertz CT molecular complexity index is 532. The van der Waals surface area contributed by atoms with Crippen molar-refractivity contribution in [3.63, 3.8) is 0 Å². The normalized spacial score (nSPS) is 26.2. The minimum absolute atomic E-state index is 0.0986. The third kappa shape index (κ3) is 2.54. The first-order valence-corrected chi connectivity index (χ1v) is 7.62. The number of morpholine rings is 1. The summed E-state index contributed by atoms with van der Waals surface area (Å²) in [4.78, 5) is 0.160. The van der Waals surface area contributed by atoms with Crippen molar-refractivity contribution in [3.8, 4) is 0 Å². The summed E-state index contributed by atoms with van der Waals surface area (Å²) in [7, 11) is -3.55. The molecule has 0 spiro atoms. The standard InChI is InChI=1S/C12H16ClNO3S/c1-9-8-17-10(2)7-14(9)18(15,16)12-6-4-3-5-11(12)13/h3-6,9-10H,7-8H2,1-2H3. The second kappa shape index (κ2) is 5.17. The highest BCUT2D eigenvalue weighted by molar-refractivity contribution is 7.89. The minimum atomic E-state index is -3.55. The van der Waals surface area contributed by atoms with Gasteiger partial charge in [-0.25, -0.2) is 8.42 Å². The molecule has 0 aliphatic carbocycles. The summed E-state index contributed by atoms with van der Waals surface area (Å²) in [5.74, 6) is 0. The highest BCUT2D eigenvalue weighted by Gasteiger charge is 2.34. The van der Waals surface area contributed by atoms with Gasteiger partial charge in [0.2, 0.25) is 10.0 Å². The van der Waals surface area contributed by atoms with Gasteiger partial charge in [-0.3, -0.25) is 0 Å². The molecule has 0 radical (unpaired) electrons. The molecule has 0 N–H and O–H groups in total. The molecule has 0 aromatic heterocycles. The van der Waals surface area contributed by atoms with E-state index >= 15 is 0 Å². The summed E-state index contributed by atoms with van der Waals surface area (Å²) in [6, 6.07) is 6.33. The molecule has 2 atom stereocenters. The fourth-order valence-corrected chi connectivity index (χ4v) is 4.17. The average molecular weight is 290 g/mol. The third-order valence-electron chi connectivity index (χ3n) is 2.97. The van der Waals surface area contributed by atoms with Crippen molar-refractivity contribution < 1.29 is 13.2 Å². The first kappa shape index (κ1) is 13.8. The molecule has 18 heavy (non-hydrogen) atoms. The number of ether oxygens (including phenoxy) is 1. The summed E-state index contributed by atoms with van der Waals surface area (Å²) in [6.45, 7) is 4.46. The van der Waals surface area contributed by atoms with Gasteiger partial charge in [-0.15, -0.1) is 0 Å². The van der Waals surface area contributed by atoms with Gasteiger partial charge >= 0.3 is 0 Å². The van der Waals surface area contributed by atoms with Crippen LogP contribution in [0.5, 0.6) is 0 Å². The molecule has 1 aromatic carbocycles. The van der Waals surface area contributed by atoms with Crippen molar-refractivity contribution in [2.75, 3.05) is 13.2 Å². The number of nitrogens with zero attached hydrogens (tertiary/aromatic N) is 1. The van der Waals surface area contributed by atoms with Crippen molar-refractivity contribution in [2.24, 2.45) is 0 Å². The fraction of sp³-hybridized carbons (Fsp3) is 0.500. The van der Waals surface area contributed by atoms with Crippen LogP contribution < -0.4 is 0 Å². The van der Waals surface area contributed by atoms with E-state index in [1.807, 2.05) is 13.8 Å². The monoisotopic (exact) mass is 289 g/mol. The van der Waals surface area contributed by atoms with Gasteiger partial charge in [-0.05, 0) is 26.0 Å². The molecule has 1 saturated heterocycles. The number of benzene rings is 1. The van der Waals surface area contributed by atoms with Crippen molar-refractivity contribution in [1.82, 2.24) is 4.31 Å². The summed E-state index contributed by atoms with van der Waals surface area (Å²) >= 11 is 5.98. The molecule has 1 heterocycles. The minimum Gasteiger partial charge on any atom is -0.375 e. The highest BCUT2D eigenvalue weighted by Crippen LogP contribution is 2.27. The Hall–Kier alpha value is -0.620. The van der Waals surface area contributed by atoms with E-state index in [9.17, 15) is 8.42 Å². The molecule has 100 valence electrons. The number of sulfonamides is 1. The largest absolute Gasteiger partial charge is 0.375 e. The predicted molar refractivity (Wildman–Crippen MR) is 70.2 cm³/mol. The third-order valence-corrected chi connectivity index (χ3v) is 5.45. The first-order chi connectivity index (χ1) is 8.43. The van der Waals surface area contributed by atoms with E-state index in [0.29, 0.717) is 13.2 Å². The van der Waals surface area contributed by atoms with Crippen molar-refractivity contribution in [2.45, 2.75) is 30.9 Å². The smallest absolute Gasteiger partial charge is 0.244 e. The number of hydrogen-bond donors (Lipinski definition) is 0. The lowest BCUT2D eigenvalue weighted by Gasteiger charge is -2.35. The van der Waals surface area contributed by atoms with Gasteiger partial charge in [-0.2, -0.15) is 4.31 Å². The molecule has 0 saturated carbocycles. The molecule has 0 bridgehead atoms. The summed E-state index contributed by atoms with van der Waals surface area (Å²) in [5, 5.41) is 0.254. The Kier molecular flexibility index (Phi) is 3.96. The van der Waals surface area contributed by atoms with E-state index in [4.69, 9.17) is 16.3 Å². The summed E-state index contributed by atoms with van der Waals surface area (Å²) in [5.41, 5.74) is 0. The van der Waals surface area contributed by atoms with Crippen LogP contribution in [0.2, 0.25) is 5.02 Å². The molecular formula is C12H16ClNO3S. The van der Waals surface area contributed by atoms with Gasteiger partial charge in [0.1, 0.15) is 4.90 Å². The van der Waals surface area contributed by atoms with Crippen LogP contribution >= 0.6 is 11.6 Å². The lowest BCUT2D eigenvalue weighted by molar-refractivity contribution is -0.0170. The quantitative estimate of drug-likeness (QED) is 0.838. The van der Waals surface area contributed by atoms with Crippen LogP contribution in [0.3, 0.4) is 0 Å². The molecular weight excluding hydrogens is 274 g/mol. The van der Waals surface area contributed by atoms with Gasteiger partial charge in [0, 0.05) is 12.6 Å². The zero-order valence-corrected chi connectivity index (χ0v) is 11.9. The van der Waals surface area contributed by atoms with E-state index in [1.54, 1.807) is 18.2 Å². The van der Waals surface area contributed by atoms with Crippen LogP contribution in [0.4, 0.5) is 0 Å². The zero-order valence-electron chi connectivity index (χ0n) is 10.3. The molecule has 1 fully saturated rings. The van der Waals surface area contributed by atoms with Crippen LogP contribution in [0.1, 0.15) is 13.8 Å². The Morgan fingerprint density at radius 2 is 2.00 bits per heavy atom. The molecule has 1 aliphatic rings. The topological polar surface area (TPSA) is 46.6 Å². The Morgan fingerprint density at radius 1 is 1.33 bits per heavy atom. The Labute approximate surface area is 113 Å². The maximum Gasteiger partial charge on any atom is 0.244 e. The average Bonchev–Trinajstić information content (AvgIpc) is 2.32. The second-order valence-corrected chi connectivity index (χ2v) is 6.76. The predicted octanol–water partition coefficient (Wildman–Crippen LogP) is 2.14. The highest BCUT2D eigenvalue weighted by atomic mass is 35.5. The maximum absolute atomic E-state index is 12.5. The van der Waals surface area contributed by atoms with E-state index in [2.05, 4.69) is 0 Å². The molecule has 0 amide bonds.